The second-order valence-corrected chi connectivity index (χ2v) is 16.1. The zero-order valence-corrected chi connectivity index (χ0v) is 27.9. The monoisotopic (exact) mass is 690 g/mol. The average molecular weight is 691 g/mol. The van der Waals surface area contributed by atoms with E-state index in [1.165, 1.54) is 28.4 Å². The number of nitrogens with zero attached hydrogens (tertiary/aromatic N) is 2. The Bertz CT molecular complexity index is 1860. The molecule has 0 aliphatic carbocycles. The van der Waals surface area contributed by atoms with E-state index >= 15 is 0 Å². The van der Waals surface area contributed by atoms with Crippen molar-refractivity contribution in [2.45, 2.75) is 58.3 Å². The van der Waals surface area contributed by atoms with E-state index in [-0.39, 0.29) is 16.2 Å². The number of rotatable bonds is 8. The van der Waals surface area contributed by atoms with E-state index in [4.69, 9.17) is 9.79 Å². The van der Waals surface area contributed by atoms with E-state index in [1.54, 1.807) is 27.0 Å². The number of thiophene rings is 1. The predicted octanol–water partition coefficient (Wildman–Crippen LogP) is 6.33. The highest BCUT2D eigenvalue weighted by Crippen LogP contribution is 2.59. The van der Waals surface area contributed by atoms with Gasteiger partial charge in [-0.25, -0.2) is 4.98 Å². The van der Waals surface area contributed by atoms with Crippen LogP contribution >= 0.6 is 30.3 Å². The number of hydrogen-bond acceptors (Lipinski definition) is 7. The summed E-state index contributed by atoms with van der Waals surface area (Å²) in [7, 11) is -5.77. The van der Waals surface area contributed by atoms with Crippen LogP contribution in [0.3, 0.4) is 0 Å². The molecular formula is C31H33F2N4O6PS2. The number of aromatic nitrogens is 1. The second-order valence-electron chi connectivity index (χ2n) is 12.3. The van der Waals surface area contributed by atoms with Gasteiger partial charge in [-0.15, -0.1) is 11.3 Å². The highest BCUT2D eigenvalue weighted by atomic mass is 32.1. The van der Waals surface area contributed by atoms with Crippen molar-refractivity contribution in [1.29, 1.82) is 0 Å². The van der Waals surface area contributed by atoms with Crippen molar-refractivity contribution in [1.82, 2.24) is 15.2 Å². The van der Waals surface area contributed by atoms with Gasteiger partial charge >= 0.3 is 13.3 Å². The largest absolute Gasteiger partial charge is 0.399 e. The fraction of sp³-hybridized carbons (Fsp3) is 0.355. The number of hydrogen-bond donors (Lipinski definition) is 4. The van der Waals surface area contributed by atoms with Crippen LogP contribution < -0.4 is 10.6 Å². The van der Waals surface area contributed by atoms with Gasteiger partial charge in [0.25, 0.3) is 5.91 Å². The number of halogens is 2. The Morgan fingerprint density at radius 2 is 1.83 bits per heavy atom. The van der Waals surface area contributed by atoms with E-state index in [0.29, 0.717) is 29.2 Å². The quantitative estimate of drug-likeness (QED) is 0.158. The first kappa shape index (κ1) is 33.8. The van der Waals surface area contributed by atoms with Crippen LogP contribution in [0.25, 0.3) is 20.5 Å². The molecule has 3 amide bonds. The Labute approximate surface area is 272 Å². The fourth-order valence-corrected chi connectivity index (χ4v) is 7.52. The van der Waals surface area contributed by atoms with Crippen molar-refractivity contribution in [3.05, 3.63) is 70.7 Å². The first-order valence-electron chi connectivity index (χ1n) is 14.4. The van der Waals surface area contributed by atoms with Gasteiger partial charge in [-0.05, 0) is 54.3 Å². The summed E-state index contributed by atoms with van der Waals surface area (Å²) in [5.74, 6) is -1.42. The minimum atomic E-state index is -5.77. The van der Waals surface area contributed by atoms with Crippen LogP contribution in [0, 0.1) is 12.3 Å². The number of fused-ring (bicyclic) bond motifs is 1. The molecule has 0 saturated carbocycles. The Morgan fingerprint density at radius 3 is 2.50 bits per heavy atom. The number of carbonyl (C=O) groups is 3. The van der Waals surface area contributed by atoms with E-state index in [9.17, 15) is 27.7 Å². The molecule has 0 radical (unpaired) electrons. The van der Waals surface area contributed by atoms with Crippen molar-refractivity contribution in [2.75, 3.05) is 11.9 Å². The van der Waals surface area contributed by atoms with Crippen LogP contribution in [0.2, 0.25) is 0 Å². The zero-order chi connectivity index (χ0) is 33.6. The summed E-state index contributed by atoms with van der Waals surface area (Å²) in [5, 5.41) is 6.23. The Kier molecular flexibility index (Phi) is 9.24. The molecule has 3 heterocycles. The Morgan fingerprint density at radius 1 is 1.09 bits per heavy atom. The van der Waals surface area contributed by atoms with E-state index in [2.05, 4.69) is 15.6 Å². The standard InChI is InChI=1S/C31H33F2N4O6PS2/c1-17-7-5-8-18(13-17)24-16-34-29(46-24)36-26(38)21-9-6-12-37(21)28(40)25(30(2,3)4)35-27(39)23-15-19-14-20(10-11-22(19)45-23)31(32,33)44(41,42)43/h5,7-8,10-11,13-16,21,25H,6,9,12H2,1-4H3,(H,35,39)(H,34,36,38)(H2,41,42,43). The van der Waals surface area contributed by atoms with Gasteiger partial charge in [-0.2, -0.15) is 8.78 Å². The molecule has 4 aromatic rings. The van der Waals surface area contributed by atoms with Gasteiger partial charge < -0.3 is 25.3 Å². The lowest BCUT2D eigenvalue weighted by Crippen LogP contribution is -2.57. The third-order valence-electron chi connectivity index (χ3n) is 7.72. The van der Waals surface area contributed by atoms with Crippen molar-refractivity contribution < 1.29 is 37.5 Å². The molecule has 0 spiro atoms. The zero-order valence-electron chi connectivity index (χ0n) is 25.4. The number of aryl methyl sites for hydroxylation is 1. The Balaban J connectivity index is 1.31. The maximum atomic E-state index is 14.3. The highest BCUT2D eigenvalue weighted by molar-refractivity contribution is 7.52. The van der Waals surface area contributed by atoms with Gasteiger partial charge in [0.05, 0.1) is 9.75 Å². The number of amides is 3. The molecule has 5 rings (SSSR count). The lowest BCUT2D eigenvalue weighted by Gasteiger charge is -2.35. The van der Waals surface area contributed by atoms with Crippen LogP contribution in [0.5, 0.6) is 0 Å². The molecule has 0 bridgehead atoms. The van der Waals surface area contributed by atoms with E-state index in [1.807, 2.05) is 31.2 Å². The van der Waals surface area contributed by atoms with Gasteiger partial charge in [0.1, 0.15) is 12.1 Å². The molecule has 244 valence electrons. The minimum Gasteiger partial charge on any atom is -0.339 e. The van der Waals surface area contributed by atoms with Gasteiger partial charge in [-0.3, -0.25) is 18.9 Å². The first-order valence-corrected chi connectivity index (χ1v) is 17.6. The molecule has 46 heavy (non-hydrogen) atoms. The molecule has 2 aromatic heterocycles. The van der Waals surface area contributed by atoms with Gasteiger partial charge in [-0.1, -0.05) is 68.0 Å². The summed E-state index contributed by atoms with van der Waals surface area (Å²) >= 11 is 2.32. The van der Waals surface area contributed by atoms with Crippen LogP contribution in [0.4, 0.5) is 13.9 Å². The molecule has 1 aliphatic heterocycles. The Hall–Kier alpha value is -3.55. The maximum Gasteiger partial charge on any atom is 0.399 e. The number of nitrogens with one attached hydrogen (secondary N) is 2. The smallest absolute Gasteiger partial charge is 0.339 e. The number of likely N-dealkylation sites (tertiary alicyclic amines) is 1. The second kappa shape index (κ2) is 12.6. The lowest BCUT2D eigenvalue weighted by atomic mass is 9.85. The minimum absolute atomic E-state index is 0.123. The summed E-state index contributed by atoms with van der Waals surface area (Å²) in [6.45, 7) is 7.66. The number of anilines is 1. The van der Waals surface area contributed by atoms with E-state index in [0.717, 1.165) is 39.5 Å². The molecule has 10 nitrogen and oxygen atoms in total. The molecule has 2 aromatic carbocycles. The fourth-order valence-electron chi connectivity index (χ4n) is 5.28. The summed E-state index contributed by atoms with van der Waals surface area (Å²) < 4.78 is 40.3. The number of benzene rings is 2. The predicted molar refractivity (Wildman–Crippen MR) is 174 cm³/mol. The average Bonchev–Trinajstić information content (AvgIpc) is 3.73. The van der Waals surface area contributed by atoms with Crippen molar-refractivity contribution in [2.24, 2.45) is 5.41 Å². The third-order valence-corrected chi connectivity index (χ3v) is 10.8. The molecule has 4 N–H and O–H groups in total. The summed E-state index contributed by atoms with van der Waals surface area (Å²) in [6, 6.07) is 10.6. The molecule has 1 fully saturated rings. The van der Waals surface area contributed by atoms with Crippen LogP contribution in [-0.4, -0.2) is 56.0 Å². The topological polar surface area (TPSA) is 149 Å². The summed E-state index contributed by atoms with van der Waals surface area (Å²) in [5.41, 5.74) is -3.94. The molecular weight excluding hydrogens is 657 g/mol. The van der Waals surface area contributed by atoms with E-state index < -0.39 is 48.1 Å². The van der Waals surface area contributed by atoms with Crippen LogP contribution in [0.1, 0.15) is 54.4 Å². The molecule has 15 heteroatoms. The van der Waals surface area contributed by atoms with Crippen molar-refractivity contribution in [3.63, 3.8) is 0 Å². The lowest BCUT2D eigenvalue weighted by molar-refractivity contribution is -0.140. The summed E-state index contributed by atoms with van der Waals surface area (Å²) in [4.78, 5) is 65.7. The normalized spacial score (nSPS) is 16.4. The van der Waals surface area contributed by atoms with Gasteiger partial charge in [0.2, 0.25) is 11.8 Å². The number of alkyl halides is 2. The SMILES string of the molecule is Cc1cccc(-c2cnc(NC(=O)C3CCCN3C(=O)C(NC(=O)c3cc4cc(C(F)(F)P(=O)(O)O)ccc4s3)C(C)(C)C)s2)c1. The third kappa shape index (κ3) is 6.91. The molecule has 2 atom stereocenters. The molecule has 2 unspecified atom stereocenters. The highest BCUT2D eigenvalue weighted by Gasteiger charge is 2.50. The number of carbonyl (C=O) groups excluding carboxylic acids is 3. The van der Waals surface area contributed by atoms with Gasteiger partial charge in [0.15, 0.2) is 5.13 Å². The van der Waals surface area contributed by atoms with Crippen LogP contribution in [-0.2, 0) is 19.8 Å². The number of thiazole rings is 1. The maximum absolute atomic E-state index is 14.3. The van der Waals surface area contributed by atoms with Crippen LogP contribution in [0.15, 0.2) is 54.7 Å². The van der Waals surface area contributed by atoms with Crippen molar-refractivity contribution in [3.8, 4) is 10.4 Å². The molecule has 1 saturated heterocycles. The van der Waals surface area contributed by atoms with Gasteiger partial charge in [0, 0.05) is 23.0 Å². The summed E-state index contributed by atoms with van der Waals surface area (Å²) in [6.07, 6.45) is 2.73. The first-order chi connectivity index (χ1) is 21.5. The molecule has 1 aliphatic rings. The van der Waals surface area contributed by atoms with Crippen molar-refractivity contribution >= 4 is 63.2 Å².